The maximum atomic E-state index is 12.5. The van der Waals surface area contributed by atoms with Gasteiger partial charge in [0.2, 0.25) is 6.29 Å². The molecule has 1 aliphatic rings. The van der Waals surface area contributed by atoms with E-state index in [1.165, 1.54) is 24.3 Å². The highest BCUT2D eigenvalue weighted by molar-refractivity contribution is 5.86. The Bertz CT molecular complexity index is 1200. The molecular weight excluding hydrogens is 428 g/mol. The largest absolute Gasteiger partial charge is 0.507 e. The quantitative estimate of drug-likeness (QED) is 0.255. The van der Waals surface area contributed by atoms with E-state index in [1.807, 2.05) is 0 Å². The lowest BCUT2D eigenvalue weighted by Gasteiger charge is -2.19. The molecule has 0 bridgehead atoms. The first kappa shape index (κ1) is 21.9. The van der Waals surface area contributed by atoms with Crippen molar-refractivity contribution in [3.8, 4) is 34.3 Å². The molecule has 3 aromatic rings. The van der Waals surface area contributed by atoms with Gasteiger partial charge in [-0.15, -0.1) is 0 Å². The number of benzene rings is 2. The fourth-order valence-electron chi connectivity index (χ4n) is 3.46. The van der Waals surface area contributed by atoms with Gasteiger partial charge in [0, 0.05) is 23.8 Å². The smallest absolute Gasteiger partial charge is 0.229 e. The van der Waals surface area contributed by atoms with E-state index in [9.17, 15) is 35.4 Å². The van der Waals surface area contributed by atoms with E-state index in [2.05, 4.69) is 0 Å². The molecule has 11 heteroatoms. The Morgan fingerprint density at radius 2 is 1.72 bits per heavy atom. The zero-order valence-electron chi connectivity index (χ0n) is 16.3. The van der Waals surface area contributed by atoms with Crippen molar-refractivity contribution < 1.29 is 49.6 Å². The maximum absolute atomic E-state index is 12.5. The molecule has 1 fully saturated rings. The number of phenols is 3. The normalized spacial score (nSPS) is 24.0. The summed E-state index contributed by atoms with van der Waals surface area (Å²) >= 11 is 0. The topological polar surface area (TPSA) is 190 Å². The molecule has 0 saturated carbocycles. The first-order valence-electron chi connectivity index (χ1n) is 9.50. The van der Waals surface area contributed by atoms with Crippen LogP contribution in [0.2, 0.25) is 0 Å². The number of aliphatic hydroxyl groups excluding tert-OH is 4. The third kappa shape index (κ3) is 3.83. The minimum atomic E-state index is -1.57. The van der Waals surface area contributed by atoms with Crippen LogP contribution >= 0.6 is 0 Å². The first-order valence-corrected chi connectivity index (χ1v) is 9.50. The number of rotatable bonds is 5. The number of ether oxygens (including phenoxy) is 2. The second kappa shape index (κ2) is 8.30. The molecule has 170 valence electrons. The molecule has 4 rings (SSSR count). The molecule has 0 radical (unpaired) electrons. The van der Waals surface area contributed by atoms with Gasteiger partial charge in [0.05, 0.1) is 6.61 Å². The second-order valence-electron chi connectivity index (χ2n) is 7.31. The van der Waals surface area contributed by atoms with Crippen molar-refractivity contribution >= 4 is 11.0 Å². The van der Waals surface area contributed by atoms with Crippen LogP contribution in [0.5, 0.6) is 23.0 Å². The Morgan fingerprint density at radius 1 is 0.969 bits per heavy atom. The molecule has 1 saturated heterocycles. The Hall–Kier alpha value is -3.35. The summed E-state index contributed by atoms with van der Waals surface area (Å²) in [6.07, 6.45) is -7.32. The molecule has 1 aromatic heterocycles. The second-order valence-corrected chi connectivity index (χ2v) is 7.31. The van der Waals surface area contributed by atoms with Gasteiger partial charge < -0.3 is 49.6 Å². The van der Waals surface area contributed by atoms with Crippen molar-refractivity contribution in [2.45, 2.75) is 30.7 Å². The lowest BCUT2D eigenvalue weighted by molar-refractivity contribution is -0.137. The van der Waals surface area contributed by atoms with Crippen molar-refractivity contribution in [2.24, 2.45) is 0 Å². The van der Waals surface area contributed by atoms with Crippen molar-refractivity contribution in [1.29, 1.82) is 0 Å². The third-order valence-electron chi connectivity index (χ3n) is 5.12. The third-order valence-corrected chi connectivity index (χ3v) is 5.12. The summed E-state index contributed by atoms with van der Waals surface area (Å²) < 4.78 is 16.4. The average molecular weight is 448 g/mol. The summed E-state index contributed by atoms with van der Waals surface area (Å²) in [6.45, 7) is -0.710. The molecule has 7 N–H and O–H groups in total. The Morgan fingerprint density at radius 3 is 2.41 bits per heavy atom. The predicted octanol–water partition coefficient (Wildman–Crippen LogP) is -0.245. The van der Waals surface area contributed by atoms with Crippen molar-refractivity contribution in [1.82, 2.24) is 0 Å². The van der Waals surface area contributed by atoms with Crippen LogP contribution in [0, 0.1) is 0 Å². The van der Waals surface area contributed by atoms with Gasteiger partial charge in [-0.2, -0.15) is 0 Å². The van der Waals surface area contributed by atoms with E-state index in [4.69, 9.17) is 19.0 Å². The van der Waals surface area contributed by atoms with Gasteiger partial charge in [0.15, 0.2) is 16.9 Å². The van der Waals surface area contributed by atoms with Gasteiger partial charge in [0.25, 0.3) is 0 Å². The molecule has 1 aliphatic heterocycles. The molecular formula is C21H20O11. The monoisotopic (exact) mass is 448 g/mol. The summed E-state index contributed by atoms with van der Waals surface area (Å²) in [5, 5.41) is 68.2. The van der Waals surface area contributed by atoms with Crippen LogP contribution < -0.4 is 10.2 Å². The molecule has 0 unspecified atom stereocenters. The average Bonchev–Trinajstić information content (AvgIpc) is 3.03. The Labute approximate surface area is 179 Å². The molecule has 32 heavy (non-hydrogen) atoms. The van der Waals surface area contributed by atoms with E-state index in [1.54, 1.807) is 0 Å². The van der Waals surface area contributed by atoms with Gasteiger partial charge >= 0.3 is 0 Å². The number of phenolic OH excluding ortho intramolecular Hbond substituents is 3. The highest BCUT2D eigenvalue weighted by atomic mass is 16.7. The molecule has 0 spiro atoms. The molecule has 0 amide bonds. The highest BCUT2D eigenvalue weighted by Gasteiger charge is 2.47. The summed E-state index contributed by atoms with van der Waals surface area (Å²) in [5.74, 6) is -1.30. The summed E-state index contributed by atoms with van der Waals surface area (Å²) in [7, 11) is 0. The zero-order chi connectivity index (χ0) is 23.2. The van der Waals surface area contributed by atoms with Gasteiger partial charge in [0.1, 0.15) is 52.6 Å². The number of hydrogen-bond acceptors (Lipinski definition) is 11. The summed E-state index contributed by atoms with van der Waals surface area (Å²) in [4.78, 5) is 12.5. The molecule has 11 nitrogen and oxygen atoms in total. The van der Waals surface area contributed by atoms with Crippen LogP contribution in [0.15, 0.2) is 45.6 Å². The predicted molar refractivity (Wildman–Crippen MR) is 107 cm³/mol. The number of aliphatic hydroxyl groups is 4. The summed E-state index contributed by atoms with van der Waals surface area (Å²) in [6, 6.07) is 7.26. The Balaban J connectivity index is 1.69. The van der Waals surface area contributed by atoms with E-state index in [-0.39, 0.29) is 33.8 Å². The fraction of sp³-hybridized carbons (Fsp3) is 0.286. The van der Waals surface area contributed by atoms with Crippen molar-refractivity contribution in [3.63, 3.8) is 0 Å². The number of fused-ring (bicyclic) bond motifs is 1. The highest BCUT2D eigenvalue weighted by Crippen LogP contribution is 2.35. The number of aromatic hydroxyl groups is 3. The van der Waals surface area contributed by atoms with E-state index in [0.29, 0.717) is 0 Å². The van der Waals surface area contributed by atoms with Crippen LogP contribution in [0.4, 0.5) is 0 Å². The van der Waals surface area contributed by atoms with Crippen LogP contribution in [-0.2, 0) is 4.74 Å². The summed E-state index contributed by atoms with van der Waals surface area (Å²) in [5.41, 5.74) is -0.393. The maximum Gasteiger partial charge on any atom is 0.229 e. The van der Waals surface area contributed by atoms with Crippen molar-refractivity contribution in [3.05, 3.63) is 46.6 Å². The van der Waals surface area contributed by atoms with Gasteiger partial charge in [-0.05, 0) is 18.2 Å². The van der Waals surface area contributed by atoms with Crippen molar-refractivity contribution in [2.75, 3.05) is 6.61 Å². The standard InChI is InChI=1S/C21H20O11/c22-7-14(27)20-18(28)19(29)21(32-20)30-9-4-12(25)17-13(26)6-15(31-16(17)5-9)8-1-2-10(23)11(24)3-8/h1-6,14,18-25,27-29H,7H2/t14-,18+,19+,20+,21+/m0/s1. The molecule has 5 atom stereocenters. The van der Waals surface area contributed by atoms with Crippen LogP contribution in [0.25, 0.3) is 22.3 Å². The van der Waals surface area contributed by atoms with Gasteiger partial charge in [-0.1, -0.05) is 0 Å². The minimum absolute atomic E-state index is 0.0352. The Kier molecular flexibility index (Phi) is 5.67. The fourth-order valence-corrected chi connectivity index (χ4v) is 3.46. The van der Waals surface area contributed by atoms with Crippen LogP contribution in [0.1, 0.15) is 0 Å². The molecule has 2 aromatic carbocycles. The van der Waals surface area contributed by atoms with Gasteiger partial charge in [-0.3, -0.25) is 4.79 Å². The number of hydrogen-bond donors (Lipinski definition) is 7. The van der Waals surface area contributed by atoms with E-state index >= 15 is 0 Å². The lowest BCUT2D eigenvalue weighted by Crippen LogP contribution is -2.40. The van der Waals surface area contributed by atoms with Gasteiger partial charge in [-0.25, -0.2) is 0 Å². The molecule has 2 heterocycles. The van der Waals surface area contributed by atoms with E-state index < -0.39 is 54.2 Å². The SMILES string of the molecule is O=c1cc(-c2ccc(O)c(O)c2)oc2cc(O[C@@H]3O[C@H]([C@@H](O)CO)[C@H](O)[C@H]3O)cc(O)c12. The molecule has 0 aliphatic carbocycles. The first-order chi connectivity index (χ1) is 15.2. The van der Waals surface area contributed by atoms with E-state index in [0.717, 1.165) is 12.1 Å². The minimum Gasteiger partial charge on any atom is -0.507 e. The lowest BCUT2D eigenvalue weighted by atomic mass is 10.1. The van der Waals surface area contributed by atoms with Crippen LogP contribution in [0.3, 0.4) is 0 Å². The zero-order valence-corrected chi connectivity index (χ0v) is 16.3. The van der Waals surface area contributed by atoms with Crippen LogP contribution in [-0.4, -0.2) is 73.1 Å².